The Kier molecular flexibility index (Phi) is 6.45. The molecule has 1 aromatic heterocycles. The maximum absolute atomic E-state index is 12.6. The van der Waals surface area contributed by atoms with Crippen LogP contribution in [0.3, 0.4) is 0 Å². The van der Waals surface area contributed by atoms with Crippen LogP contribution < -0.4 is 10.5 Å². The minimum absolute atomic E-state index is 0.0678. The highest BCUT2D eigenvalue weighted by atomic mass is 32.2. The topological polar surface area (TPSA) is 102 Å². The Balaban J connectivity index is 1.61. The number of rotatable bonds is 7. The molecule has 0 unspecified atom stereocenters. The van der Waals surface area contributed by atoms with E-state index >= 15 is 0 Å². The number of pyridine rings is 1. The fourth-order valence-corrected chi connectivity index (χ4v) is 3.92. The Labute approximate surface area is 168 Å². The van der Waals surface area contributed by atoms with E-state index in [-0.39, 0.29) is 10.8 Å². The Morgan fingerprint density at radius 2 is 1.71 bits per heavy atom. The maximum atomic E-state index is 12.6. The zero-order valence-electron chi connectivity index (χ0n) is 14.9. The van der Waals surface area contributed by atoms with E-state index in [2.05, 4.69) is 10.3 Å². The zero-order chi connectivity index (χ0) is 20.0. The second-order valence-corrected chi connectivity index (χ2v) is 8.59. The highest BCUT2D eigenvalue weighted by Gasteiger charge is 2.13. The van der Waals surface area contributed by atoms with Crippen LogP contribution in [0.2, 0.25) is 0 Å². The van der Waals surface area contributed by atoms with Crippen LogP contribution >= 0.6 is 11.8 Å². The van der Waals surface area contributed by atoms with Gasteiger partial charge in [0.25, 0.3) is 5.91 Å². The first-order valence-electron chi connectivity index (χ1n) is 8.51. The van der Waals surface area contributed by atoms with Crippen LogP contribution in [0.25, 0.3) is 0 Å². The number of primary sulfonamides is 1. The number of sulfonamides is 1. The van der Waals surface area contributed by atoms with Crippen molar-refractivity contribution < 1.29 is 13.2 Å². The first-order valence-corrected chi connectivity index (χ1v) is 10.9. The highest BCUT2D eigenvalue weighted by Crippen LogP contribution is 2.28. The van der Waals surface area contributed by atoms with Crippen LogP contribution in [-0.2, 0) is 16.4 Å². The van der Waals surface area contributed by atoms with Gasteiger partial charge in [0, 0.05) is 17.6 Å². The van der Waals surface area contributed by atoms with Gasteiger partial charge < -0.3 is 5.32 Å². The van der Waals surface area contributed by atoms with Crippen molar-refractivity contribution in [1.82, 2.24) is 10.3 Å². The molecule has 0 saturated carbocycles. The second-order valence-electron chi connectivity index (χ2n) is 5.97. The lowest BCUT2D eigenvalue weighted by atomic mass is 10.1. The summed E-state index contributed by atoms with van der Waals surface area (Å²) < 4.78 is 22.6. The zero-order valence-corrected chi connectivity index (χ0v) is 16.5. The number of nitrogens with one attached hydrogen (secondary N) is 1. The summed E-state index contributed by atoms with van der Waals surface area (Å²) in [6.45, 7) is 0.415. The molecule has 1 heterocycles. The van der Waals surface area contributed by atoms with E-state index in [1.807, 2.05) is 30.3 Å². The van der Waals surface area contributed by atoms with Gasteiger partial charge in [-0.25, -0.2) is 18.5 Å². The molecule has 3 N–H and O–H groups in total. The van der Waals surface area contributed by atoms with Gasteiger partial charge in [0.1, 0.15) is 5.03 Å². The molecule has 0 aliphatic rings. The first kappa shape index (κ1) is 20.1. The first-order chi connectivity index (χ1) is 13.4. The smallest absolute Gasteiger partial charge is 0.254 e. The molecular weight excluding hydrogens is 394 g/mol. The van der Waals surface area contributed by atoms with Gasteiger partial charge in [-0.05, 0) is 48.4 Å². The summed E-state index contributed by atoms with van der Waals surface area (Å²) in [7, 11) is -3.70. The van der Waals surface area contributed by atoms with Crippen LogP contribution in [0.5, 0.6) is 0 Å². The van der Waals surface area contributed by atoms with Crippen LogP contribution in [0.1, 0.15) is 15.9 Å². The third-order valence-corrected chi connectivity index (χ3v) is 5.88. The van der Waals surface area contributed by atoms with Crippen molar-refractivity contribution in [2.24, 2.45) is 5.14 Å². The van der Waals surface area contributed by atoms with E-state index in [9.17, 15) is 13.2 Å². The van der Waals surface area contributed by atoms with Crippen molar-refractivity contribution in [2.75, 3.05) is 6.54 Å². The van der Waals surface area contributed by atoms with Crippen LogP contribution in [0.4, 0.5) is 0 Å². The minimum Gasteiger partial charge on any atom is -0.352 e. The molecule has 0 fully saturated rings. The van der Waals surface area contributed by atoms with Gasteiger partial charge in [-0.1, -0.05) is 42.1 Å². The van der Waals surface area contributed by atoms with Crippen molar-refractivity contribution in [2.45, 2.75) is 21.2 Å². The molecule has 0 atom stereocenters. The number of amides is 1. The molecule has 2 aromatic carbocycles. The molecule has 28 heavy (non-hydrogen) atoms. The standard InChI is InChI=1S/C20H19N3O3S2/c21-28(25,26)17-10-8-15(9-11-17)12-14-22-19(24)18-7-4-13-23-20(18)27-16-5-2-1-3-6-16/h1-11,13H,12,14H2,(H,22,24)(H2,21,25,26). The number of benzene rings is 2. The average molecular weight is 414 g/mol. The molecule has 0 aliphatic carbocycles. The van der Waals surface area contributed by atoms with Crippen molar-refractivity contribution in [3.8, 4) is 0 Å². The predicted molar refractivity (Wildman–Crippen MR) is 109 cm³/mol. The van der Waals surface area contributed by atoms with Crippen LogP contribution in [0.15, 0.2) is 87.7 Å². The number of hydrogen-bond donors (Lipinski definition) is 2. The molecule has 0 bridgehead atoms. The normalized spacial score (nSPS) is 11.2. The lowest BCUT2D eigenvalue weighted by Gasteiger charge is -2.09. The van der Waals surface area contributed by atoms with Gasteiger partial charge in [-0.2, -0.15) is 0 Å². The van der Waals surface area contributed by atoms with E-state index in [1.54, 1.807) is 30.5 Å². The molecule has 1 amide bonds. The molecule has 0 radical (unpaired) electrons. The summed E-state index contributed by atoms with van der Waals surface area (Å²) in [6.07, 6.45) is 2.23. The molecule has 3 aromatic rings. The summed E-state index contributed by atoms with van der Waals surface area (Å²) in [5, 5.41) is 8.61. The lowest BCUT2D eigenvalue weighted by molar-refractivity contribution is 0.0950. The third-order valence-electron chi connectivity index (χ3n) is 3.92. The summed E-state index contributed by atoms with van der Waals surface area (Å²) in [6, 6.07) is 19.5. The van der Waals surface area contributed by atoms with E-state index in [4.69, 9.17) is 5.14 Å². The van der Waals surface area contributed by atoms with Crippen LogP contribution in [0, 0.1) is 0 Å². The molecule has 6 nitrogen and oxygen atoms in total. The fraction of sp³-hybridized carbons (Fsp3) is 0.100. The largest absolute Gasteiger partial charge is 0.352 e. The molecule has 0 spiro atoms. The van der Waals surface area contributed by atoms with Gasteiger partial charge in [-0.3, -0.25) is 4.79 Å². The summed E-state index contributed by atoms with van der Waals surface area (Å²) >= 11 is 1.44. The predicted octanol–water partition coefficient (Wildman–Crippen LogP) is 2.85. The Morgan fingerprint density at radius 3 is 2.39 bits per heavy atom. The van der Waals surface area contributed by atoms with Crippen molar-refractivity contribution in [1.29, 1.82) is 0 Å². The van der Waals surface area contributed by atoms with E-state index in [0.29, 0.717) is 23.6 Å². The molecule has 3 rings (SSSR count). The van der Waals surface area contributed by atoms with Crippen LogP contribution in [-0.4, -0.2) is 25.9 Å². The highest BCUT2D eigenvalue weighted by molar-refractivity contribution is 7.99. The Bertz CT molecular complexity index is 1050. The summed E-state index contributed by atoms with van der Waals surface area (Å²) in [5.41, 5.74) is 1.42. The van der Waals surface area contributed by atoms with Crippen molar-refractivity contribution >= 4 is 27.7 Å². The van der Waals surface area contributed by atoms with Crippen molar-refractivity contribution in [3.05, 3.63) is 84.1 Å². The Hall–Kier alpha value is -2.68. The Morgan fingerprint density at radius 1 is 1.00 bits per heavy atom. The third kappa shape index (κ3) is 5.41. The SMILES string of the molecule is NS(=O)(=O)c1ccc(CCNC(=O)c2cccnc2Sc2ccccc2)cc1. The summed E-state index contributed by atoms with van der Waals surface area (Å²) in [4.78, 5) is 18.0. The van der Waals surface area contributed by atoms with E-state index < -0.39 is 10.0 Å². The van der Waals surface area contributed by atoms with Crippen molar-refractivity contribution in [3.63, 3.8) is 0 Å². The number of carbonyl (C=O) groups excluding carboxylic acids is 1. The van der Waals surface area contributed by atoms with Gasteiger partial charge in [0.15, 0.2) is 0 Å². The quantitative estimate of drug-likeness (QED) is 0.620. The molecule has 144 valence electrons. The minimum atomic E-state index is -3.70. The molecular formula is C20H19N3O3S2. The monoisotopic (exact) mass is 413 g/mol. The number of carbonyl (C=O) groups is 1. The number of nitrogens with zero attached hydrogens (tertiary/aromatic N) is 1. The number of aromatic nitrogens is 1. The summed E-state index contributed by atoms with van der Waals surface area (Å²) in [5.74, 6) is -0.201. The lowest BCUT2D eigenvalue weighted by Crippen LogP contribution is -2.26. The number of nitrogens with two attached hydrogens (primary N) is 1. The molecule has 0 aliphatic heterocycles. The maximum Gasteiger partial charge on any atom is 0.254 e. The van der Waals surface area contributed by atoms with Gasteiger partial charge in [0.05, 0.1) is 10.5 Å². The fourth-order valence-electron chi connectivity index (χ4n) is 2.51. The molecule has 8 heteroatoms. The molecule has 0 saturated heterocycles. The van der Waals surface area contributed by atoms with E-state index in [0.717, 1.165) is 10.5 Å². The van der Waals surface area contributed by atoms with Gasteiger partial charge in [-0.15, -0.1) is 0 Å². The van der Waals surface area contributed by atoms with E-state index in [1.165, 1.54) is 23.9 Å². The second kappa shape index (κ2) is 9.01. The van der Waals surface area contributed by atoms with Gasteiger partial charge in [0.2, 0.25) is 10.0 Å². The average Bonchev–Trinajstić information content (AvgIpc) is 2.69. The number of hydrogen-bond acceptors (Lipinski definition) is 5. The van der Waals surface area contributed by atoms with Gasteiger partial charge >= 0.3 is 0 Å².